The van der Waals surface area contributed by atoms with E-state index in [2.05, 4.69) is 5.32 Å². The van der Waals surface area contributed by atoms with Crippen LogP contribution in [0.25, 0.3) is 0 Å². The van der Waals surface area contributed by atoms with Crippen LogP contribution in [0.5, 0.6) is 0 Å². The Labute approximate surface area is 127 Å². The van der Waals surface area contributed by atoms with Crippen molar-refractivity contribution in [2.75, 3.05) is 13.7 Å². The summed E-state index contributed by atoms with van der Waals surface area (Å²) in [6.45, 7) is 4.47. The topological polar surface area (TPSA) is 64.3 Å². The van der Waals surface area contributed by atoms with Crippen LogP contribution in [0.2, 0.25) is 0 Å². The second-order valence-electron chi connectivity index (χ2n) is 4.92. The van der Waals surface area contributed by atoms with Crippen LogP contribution in [0, 0.1) is 5.92 Å². The van der Waals surface area contributed by atoms with E-state index >= 15 is 0 Å². The Balaban J connectivity index is 0.00000361. The first-order valence-corrected chi connectivity index (χ1v) is 6.66. The number of carbonyl (C=O) groups excluding carboxylic acids is 1. The molecule has 0 spiro atoms. The molecule has 0 radical (unpaired) electrons. The lowest BCUT2D eigenvalue weighted by atomic mass is 9.94. The molecule has 0 aliphatic heterocycles. The molecule has 0 aromatic heterocycles. The van der Waals surface area contributed by atoms with Gasteiger partial charge in [-0.1, -0.05) is 37.3 Å². The lowest BCUT2D eigenvalue weighted by molar-refractivity contribution is -0.125. The van der Waals surface area contributed by atoms with E-state index in [4.69, 9.17) is 10.5 Å². The van der Waals surface area contributed by atoms with Gasteiger partial charge in [0.2, 0.25) is 5.91 Å². The first-order chi connectivity index (χ1) is 9.06. The molecule has 0 aliphatic rings. The van der Waals surface area contributed by atoms with Crippen molar-refractivity contribution >= 4 is 18.3 Å². The van der Waals surface area contributed by atoms with Crippen molar-refractivity contribution in [1.82, 2.24) is 5.32 Å². The number of nitrogens with one attached hydrogen (secondary N) is 1. The van der Waals surface area contributed by atoms with Gasteiger partial charge in [0.25, 0.3) is 0 Å². The zero-order valence-electron chi connectivity index (χ0n) is 12.3. The van der Waals surface area contributed by atoms with Gasteiger partial charge >= 0.3 is 0 Å². The molecule has 1 rings (SSSR count). The molecule has 0 bridgehead atoms. The molecule has 0 heterocycles. The summed E-state index contributed by atoms with van der Waals surface area (Å²) < 4.78 is 5.00. The molecule has 114 valence electrons. The third kappa shape index (κ3) is 5.90. The minimum Gasteiger partial charge on any atom is -0.385 e. The fourth-order valence-electron chi connectivity index (χ4n) is 1.87. The second kappa shape index (κ2) is 9.75. The van der Waals surface area contributed by atoms with Crippen molar-refractivity contribution in [3.63, 3.8) is 0 Å². The molecule has 0 saturated heterocycles. The molecule has 3 unspecified atom stereocenters. The number of rotatable bonds is 7. The lowest BCUT2D eigenvalue weighted by Crippen LogP contribution is -2.40. The Bertz CT molecular complexity index is 387. The van der Waals surface area contributed by atoms with E-state index in [0.717, 1.165) is 12.0 Å². The van der Waals surface area contributed by atoms with Crippen LogP contribution >= 0.6 is 12.4 Å². The number of nitrogens with two attached hydrogens (primary N) is 1. The van der Waals surface area contributed by atoms with E-state index in [1.54, 1.807) is 7.11 Å². The van der Waals surface area contributed by atoms with Crippen molar-refractivity contribution in [1.29, 1.82) is 0 Å². The number of benzene rings is 1. The van der Waals surface area contributed by atoms with E-state index < -0.39 is 0 Å². The number of hydrogen-bond donors (Lipinski definition) is 2. The molecule has 4 nitrogen and oxygen atoms in total. The third-order valence-electron chi connectivity index (χ3n) is 3.28. The van der Waals surface area contributed by atoms with Gasteiger partial charge in [0.15, 0.2) is 0 Å². The summed E-state index contributed by atoms with van der Waals surface area (Å²) >= 11 is 0. The Morgan fingerprint density at radius 3 is 2.45 bits per heavy atom. The van der Waals surface area contributed by atoms with Gasteiger partial charge < -0.3 is 15.8 Å². The minimum atomic E-state index is -0.282. The number of carbonyl (C=O) groups is 1. The summed E-state index contributed by atoms with van der Waals surface area (Å²) in [5.41, 5.74) is 7.11. The van der Waals surface area contributed by atoms with E-state index in [1.165, 1.54) is 0 Å². The zero-order valence-corrected chi connectivity index (χ0v) is 13.2. The van der Waals surface area contributed by atoms with Crippen molar-refractivity contribution < 1.29 is 9.53 Å². The molecule has 0 saturated carbocycles. The normalized spacial score (nSPS) is 14.8. The summed E-state index contributed by atoms with van der Waals surface area (Å²) in [5, 5.41) is 2.97. The van der Waals surface area contributed by atoms with Crippen LogP contribution in [0.4, 0.5) is 0 Å². The average Bonchev–Trinajstić information content (AvgIpc) is 2.44. The third-order valence-corrected chi connectivity index (χ3v) is 3.28. The molecule has 5 heteroatoms. The number of amides is 1. The number of hydrogen-bond acceptors (Lipinski definition) is 3. The van der Waals surface area contributed by atoms with Crippen LogP contribution in [-0.4, -0.2) is 25.7 Å². The second-order valence-corrected chi connectivity index (χ2v) is 4.92. The fraction of sp³-hybridized carbons (Fsp3) is 0.533. The smallest absolute Gasteiger partial charge is 0.224 e. The van der Waals surface area contributed by atoms with Gasteiger partial charge in [0.05, 0.1) is 5.92 Å². The maximum atomic E-state index is 12.1. The number of ether oxygens (including phenoxy) is 1. The standard InChI is InChI=1S/C15H24N2O2.ClH/c1-11(9-10-19-3)17-15(18)12(2)14(16)13-7-5-4-6-8-13;/h4-8,11-12,14H,9-10,16H2,1-3H3,(H,17,18);1H. The molecule has 1 amide bonds. The van der Waals surface area contributed by atoms with Crippen LogP contribution in [0.3, 0.4) is 0 Å². The van der Waals surface area contributed by atoms with E-state index in [1.807, 2.05) is 44.2 Å². The summed E-state index contributed by atoms with van der Waals surface area (Å²) in [6.07, 6.45) is 0.801. The summed E-state index contributed by atoms with van der Waals surface area (Å²) in [5.74, 6) is -0.271. The maximum absolute atomic E-state index is 12.1. The van der Waals surface area contributed by atoms with Crippen molar-refractivity contribution in [2.24, 2.45) is 11.7 Å². The Hall–Kier alpha value is -1.10. The van der Waals surface area contributed by atoms with Gasteiger partial charge in [-0.05, 0) is 18.9 Å². The Morgan fingerprint density at radius 1 is 1.30 bits per heavy atom. The Morgan fingerprint density at radius 2 is 1.90 bits per heavy atom. The van der Waals surface area contributed by atoms with Crippen LogP contribution in [0.15, 0.2) is 30.3 Å². The van der Waals surface area contributed by atoms with Crippen LogP contribution < -0.4 is 11.1 Å². The summed E-state index contributed by atoms with van der Waals surface area (Å²) in [7, 11) is 1.66. The fourth-order valence-corrected chi connectivity index (χ4v) is 1.87. The quantitative estimate of drug-likeness (QED) is 0.812. The summed E-state index contributed by atoms with van der Waals surface area (Å²) in [4.78, 5) is 12.1. The molecule has 0 aliphatic carbocycles. The van der Waals surface area contributed by atoms with E-state index in [0.29, 0.717) is 6.61 Å². The van der Waals surface area contributed by atoms with E-state index in [9.17, 15) is 4.79 Å². The van der Waals surface area contributed by atoms with Gasteiger partial charge in [-0.15, -0.1) is 12.4 Å². The van der Waals surface area contributed by atoms with Gasteiger partial charge in [0, 0.05) is 25.8 Å². The van der Waals surface area contributed by atoms with Gasteiger partial charge in [0.1, 0.15) is 0 Å². The molecule has 3 atom stereocenters. The SMILES string of the molecule is COCCC(C)NC(=O)C(C)C(N)c1ccccc1.Cl. The van der Waals surface area contributed by atoms with Crippen molar-refractivity contribution in [3.8, 4) is 0 Å². The predicted octanol–water partition coefficient (Wildman–Crippen LogP) is 2.29. The molecule has 1 aromatic carbocycles. The molecular formula is C15H25ClN2O2. The highest BCUT2D eigenvalue weighted by Gasteiger charge is 2.22. The highest BCUT2D eigenvalue weighted by molar-refractivity contribution is 5.85. The van der Waals surface area contributed by atoms with Crippen molar-refractivity contribution in [3.05, 3.63) is 35.9 Å². The van der Waals surface area contributed by atoms with E-state index in [-0.39, 0.29) is 36.3 Å². The first-order valence-electron chi connectivity index (χ1n) is 6.66. The van der Waals surface area contributed by atoms with Gasteiger partial charge in [-0.3, -0.25) is 4.79 Å². The molecule has 3 N–H and O–H groups in total. The number of methoxy groups -OCH3 is 1. The molecule has 0 fully saturated rings. The zero-order chi connectivity index (χ0) is 14.3. The van der Waals surface area contributed by atoms with Crippen molar-refractivity contribution in [2.45, 2.75) is 32.4 Å². The summed E-state index contributed by atoms with van der Waals surface area (Å²) in [6, 6.07) is 9.51. The molecular weight excluding hydrogens is 276 g/mol. The van der Waals surface area contributed by atoms with Gasteiger partial charge in [-0.25, -0.2) is 0 Å². The predicted molar refractivity (Wildman–Crippen MR) is 83.9 cm³/mol. The highest BCUT2D eigenvalue weighted by Crippen LogP contribution is 2.19. The van der Waals surface area contributed by atoms with Crippen LogP contribution in [-0.2, 0) is 9.53 Å². The Kier molecular flexibility index (Phi) is 9.21. The average molecular weight is 301 g/mol. The number of halogens is 1. The lowest BCUT2D eigenvalue weighted by Gasteiger charge is -2.22. The van der Waals surface area contributed by atoms with Crippen LogP contribution in [0.1, 0.15) is 31.9 Å². The highest BCUT2D eigenvalue weighted by atomic mass is 35.5. The monoisotopic (exact) mass is 300 g/mol. The molecule has 1 aromatic rings. The first kappa shape index (κ1) is 18.9. The minimum absolute atomic E-state index is 0. The van der Waals surface area contributed by atoms with Gasteiger partial charge in [-0.2, -0.15) is 0 Å². The largest absolute Gasteiger partial charge is 0.385 e. The maximum Gasteiger partial charge on any atom is 0.224 e. The molecule has 20 heavy (non-hydrogen) atoms.